The first-order chi connectivity index (χ1) is 35.0. The van der Waals surface area contributed by atoms with E-state index < -0.39 is 53.8 Å². The van der Waals surface area contributed by atoms with Crippen molar-refractivity contribution in [1.82, 2.24) is 0 Å². The van der Waals surface area contributed by atoms with E-state index in [1.165, 1.54) is 114 Å². The molecule has 0 saturated heterocycles. The summed E-state index contributed by atoms with van der Waals surface area (Å²) in [4.78, 5) is 33.6. The molecule has 0 saturated carbocycles. The molecular formula is C54H44F8O12. The van der Waals surface area contributed by atoms with Crippen LogP contribution in [0.2, 0.25) is 0 Å². The second-order valence-electron chi connectivity index (χ2n) is 15.1. The second-order valence-corrected chi connectivity index (χ2v) is 15.1. The number of hydrogen-bond donors (Lipinski definition) is 3. The van der Waals surface area contributed by atoms with Crippen molar-refractivity contribution in [1.29, 1.82) is 0 Å². The zero-order chi connectivity index (χ0) is 56.5. The maximum absolute atomic E-state index is 14.3. The Morgan fingerprint density at radius 2 is 0.959 bits per heavy atom. The highest BCUT2D eigenvalue weighted by Gasteiger charge is 2.34. The number of benzene rings is 6. The van der Waals surface area contributed by atoms with Gasteiger partial charge in [-0.3, -0.25) is 0 Å². The van der Waals surface area contributed by atoms with Crippen LogP contribution >= 0.6 is 0 Å². The van der Waals surface area contributed by atoms with Crippen LogP contribution in [-0.4, -0.2) is 60.2 Å². The number of carbonyl (C=O) groups is 3. The summed E-state index contributed by atoms with van der Waals surface area (Å²) >= 11 is 0. The fraction of sp³-hybridized carbons (Fsp3) is 0.130. The van der Waals surface area contributed by atoms with Crippen molar-refractivity contribution in [3.05, 3.63) is 157 Å². The van der Waals surface area contributed by atoms with Gasteiger partial charge in [0.25, 0.3) is 0 Å². The highest BCUT2D eigenvalue weighted by atomic mass is 19.4. The first-order valence-electron chi connectivity index (χ1n) is 21.2. The van der Waals surface area contributed by atoms with Crippen molar-refractivity contribution in [2.45, 2.75) is 33.5 Å². The molecule has 12 nitrogen and oxygen atoms in total. The van der Waals surface area contributed by atoms with E-state index in [1.807, 2.05) is 0 Å². The van der Waals surface area contributed by atoms with Crippen molar-refractivity contribution >= 4 is 17.9 Å². The van der Waals surface area contributed by atoms with E-state index >= 15 is 0 Å². The summed E-state index contributed by atoms with van der Waals surface area (Å²) in [5.74, 6) is -5.62. The molecule has 3 N–H and O–H groups in total. The number of methoxy groups -OCH3 is 2. The lowest BCUT2D eigenvalue weighted by atomic mass is 9.98. The summed E-state index contributed by atoms with van der Waals surface area (Å²) in [6, 6.07) is 22.2. The van der Waals surface area contributed by atoms with Gasteiger partial charge < -0.3 is 43.7 Å². The lowest BCUT2D eigenvalue weighted by Crippen LogP contribution is -2.18. The van der Waals surface area contributed by atoms with Crippen LogP contribution in [-0.2, 0) is 14.4 Å². The average molecular weight is 1040 g/mol. The Kier molecular flexibility index (Phi) is 19.9. The third-order valence-electron chi connectivity index (χ3n) is 9.28. The Hall–Kier alpha value is -9.25. The Labute approximate surface area is 420 Å². The van der Waals surface area contributed by atoms with E-state index in [1.54, 1.807) is 0 Å². The monoisotopic (exact) mass is 1040 g/mol. The number of hydrogen-bond acceptors (Lipinski definition) is 11. The van der Waals surface area contributed by atoms with Crippen molar-refractivity contribution < 1.29 is 94.6 Å². The number of phenols is 2. The molecule has 0 spiro atoms. The van der Waals surface area contributed by atoms with E-state index in [2.05, 4.69) is 35.6 Å². The van der Waals surface area contributed by atoms with Crippen LogP contribution in [0.4, 0.5) is 35.1 Å². The number of alkyl halides is 6. The molecular weight excluding hydrogens is 993 g/mol. The zero-order valence-electron chi connectivity index (χ0n) is 40.6. The number of carboxylic acids is 1. The largest absolute Gasteiger partial charge is 0.573 e. The molecule has 0 amide bonds. The molecule has 0 bridgehead atoms. The Morgan fingerprint density at radius 1 is 0.527 bits per heavy atom. The molecule has 0 radical (unpaired) electrons. The lowest BCUT2D eigenvalue weighted by Gasteiger charge is -2.18. The van der Waals surface area contributed by atoms with E-state index in [0.717, 1.165) is 36.4 Å². The van der Waals surface area contributed by atoms with Gasteiger partial charge in [-0.25, -0.2) is 23.2 Å². The first kappa shape index (κ1) is 57.3. The quantitative estimate of drug-likeness (QED) is 0.0330. The number of rotatable bonds is 13. The first-order valence-corrected chi connectivity index (χ1v) is 20.7. The van der Waals surface area contributed by atoms with Gasteiger partial charge >= 0.3 is 30.6 Å². The van der Waals surface area contributed by atoms with Gasteiger partial charge in [-0.15, -0.1) is 39.2 Å². The predicted octanol–water partition coefficient (Wildman–Crippen LogP) is 13.4. The van der Waals surface area contributed by atoms with Gasteiger partial charge in [-0.2, -0.15) is 0 Å². The summed E-state index contributed by atoms with van der Waals surface area (Å²) in [7, 11) is 2.74. The van der Waals surface area contributed by atoms with Crippen LogP contribution in [0.3, 0.4) is 0 Å². The predicted molar refractivity (Wildman–Crippen MR) is 258 cm³/mol. The Morgan fingerprint density at radius 3 is 1.41 bits per heavy atom. The summed E-state index contributed by atoms with van der Waals surface area (Å²) in [6.07, 6.45) is -4.32. The number of phenolic OH excluding ortho intramolecular Hbond substituents is 2. The van der Waals surface area contributed by atoms with Crippen LogP contribution in [0.25, 0.3) is 44.5 Å². The number of esters is 2. The summed E-state index contributed by atoms with van der Waals surface area (Å²) in [5.41, 5.74) is 0.855. The number of terminal acetylenes is 1. The molecule has 0 aliphatic heterocycles. The van der Waals surface area contributed by atoms with Gasteiger partial charge in [0.1, 0.15) is 59.0 Å². The molecule has 0 aromatic heterocycles. The van der Waals surface area contributed by atoms with Crippen molar-refractivity contribution in [2.24, 2.45) is 0 Å². The minimum absolute atomic E-state index is 0.0434. The zero-order valence-corrected chi connectivity index (χ0v) is 39.6. The average Bonchev–Trinajstić information content (AvgIpc) is 3.31. The minimum Gasteiger partial charge on any atom is -0.508 e. The fourth-order valence-electron chi connectivity index (χ4n) is 5.97. The summed E-state index contributed by atoms with van der Waals surface area (Å²) < 4.78 is 142. The van der Waals surface area contributed by atoms with Crippen LogP contribution in [0.5, 0.6) is 46.0 Å². The number of carboxylic acid groups (broad SMARTS) is 1. The fourth-order valence-corrected chi connectivity index (χ4v) is 5.97. The molecule has 0 aliphatic rings. The van der Waals surface area contributed by atoms with Crippen molar-refractivity contribution in [2.75, 3.05) is 14.2 Å². The standard InChI is InChI=1S/C28H22F4O6.C20H14F4O4.C4H6O2.C2H2/c1-15(2)26(33)36-21-11-18(10-19(29)13-21)17-6-8-22(25(12-17)38-28(30,31)32)23-14-20(35-5)7-9-24(23)37-27(34)16(3)4;1-27-15-3-5-18(26)17(10-15)16-4-2-11(8-19(16)28-20(22,23)24)12-6-13(21)9-14(25)7-12;1-3(2)4(5)6;1-2/h6-14H,1,3H2,2,4-5H3;2-10,25-26H,1H3;1H2,2H3,(H,5,6);1-2H/i;;;1D. The number of aromatic hydroxyl groups is 2. The van der Waals surface area contributed by atoms with Gasteiger partial charge in [-0.1, -0.05) is 31.9 Å². The Balaban J connectivity index is 0.000000350. The third-order valence-corrected chi connectivity index (χ3v) is 9.28. The molecule has 6 aromatic rings. The molecule has 6 aromatic carbocycles. The topological polar surface area (TPSA) is 167 Å². The van der Waals surface area contributed by atoms with Crippen LogP contribution in [0, 0.1) is 24.5 Å². The van der Waals surface area contributed by atoms with Crippen LogP contribution in [0.15, 0.2) is 146 Å². The number of halogens is 8. The maximum atomic E-state index is 14.3. The van der Waals surface area contributed by atoms with Crippen molar-refractivity contribution in [3.8, 4) is 103 Å². The molecule has 0 fully saturated rings. The lowest BCUT2D eigenvalue weighted by molar-refractivity contribution is -0.275. The molecule has 388 valence electrons. The normalized spacial score (nSPS) is 10.6. The number of carbonyl (C=O) groups excluding carboxylic acids is 2. The van der Waals surface area contributed by atoms with Gasteiger partial charge in [0.15, 0.2) is 0 Å². The summed E-state index contributed by atoms with van der Waals surface area (Å²) in [5, 5.41) is 27.5. The molecule has 0 aliphatic carbocycles. The van der Waals surface area contributed by atoms with Crippen LogP contribution in [0.1, 0.15) is 22.1 Å². The minimum atomic E-state index is -5.09. The van der Waals surface area contributed by atoms with E-state index in [9.17, 15) is 59.7 Å². The highest BCUT2D eigenvalue weighted by Crippen LogP contribution is 2.44. The summed E-state index contributed by atoms with van der Waals surface area (Å²) in [6.45, 7) is 14.4. The van der Waals surface area contributed by atoms with E-state index in [0.29, 0.717) is 5.75 Å². The second kappa shape index (κ2) is 25.7. The van der Waals surface area contributed by atoms with E-state index in [-0.39, 0.29) is 90.0 Å². The van der Waals surface area contributed by atoms with Gasteiger partial charge in [0.05, 0.1) is 14.2 Å². The maximum Gasteiger partial charge on any atom is 0.573 e. The van der Waals surface area contributed by atoms with Gasteiger partial charge in [-0.05, 0) is 128 Å². The molecule has 74 heavy (non-hydrogen) atoms. The van der Waals surface area contributed by atoms with E-state index in [4.69, 9.17) is 25.4 Å². The molecule has 0 unspecified atom stereocenters. The third kappa shape index (κ3) is 17.6. The Bertz CT molecular complexity index is 3110. The van der Waals surface area contributed by atoms with Gasteiger partial charge in [0.2, 0.25) is 0 Å². The number of ether oxygens (including phenoxy) is 6. The number of aliphatic carboxylic acids is 1. The van der Waals surface area contributed by atoms with Gasteiger partial charge in [0, 0.05) is 51.1 Å². The van der Waals surface area contributed by atoms with Crippen LogP contribution < -0.4 is 28.4 Å². The molecule has 20 heteroatoms. The SMILES string of the molecule is C=C(C)C(=O)O.C=C(C)C(=O)Oc1cc(F)cc(-c2ccc(-c3cc(OC)ccc3OC(=O)C(=C)C)c(OC(F)(F)F)c2)c1.COc1ccc(O)c(-c2ccc(-c3cc(O)cc(F)c3)cc2OC(F)(F)F)c1.[2H]C#C. The molecule has 0 heterocycles. The highest BCUT2D eigenvalue weighted by molar-refractivity contribution is 5.91. The smallest absolute Gasteiger partial charge is 0.508 e. The van der Waals surface area contributed by atoms with Crippen molar-refractivity contribution in [3.63, 3.8) is 0 Å². The molecule has 0 atom stereocenters. The molecule has 6 rings (SSSR count).